The van der Waals surface area contributed by atoms with Gasteiger partial charge in [0.1, 0.15) is 22.3 Å². The molecule has 7 nitrogen and oxygen atoms in total. The summed E-state index contributed by atoms with van der Waals surface area (Å²) in [5.41, 5.74) is 1.39. The standard InChI is InChI=1S/C23H25N3O4S/c1-28-16-7-8-21(29-2)18(13-16)20(27)15-31-23-17-5-3-4-6-19(17)24-22(25-23)14-26-9-11-30-12-10-26/h3-8,13H,9-12,14-15H2,1-2H3. The number of nitrogens with zero attached hydrogens (tertiary/aromatic N) is 3. The number of aromatic nitrogens is 2. The number of carbonyl (C=O) groups is 1. The number of hydrogen-bond acceptors (Lipinski definition) is 8. The highest BCUT2D eigenvalue weighted by Crippen LogP contribution is 2.29. The number of methoxy groups -OCH3 is 2. The van der Waals surface area contributed by atoms with Crippen molar-refractivity contribution in [1.82, 2.24) is 14.9 Å². The maximum atomic E-state index is 13.0. The summed E-state index contributed by atoms with van der Waals surface area (Å²) in [4.78, 5) is 24.8. The number of morpholine rings is 1. The van der Waals surface area contributed by atoms with Crippen LogP contribution >= 0.6 is 11.8 Å². The second-order valence-electron chi connectivity index (χ2n) is 7.13. The van der Waals surface area contributed by atoms with Gasteiger partial charge < -0.3 is 14.2 Å². The van der Waals surface area contributed by atoms with Crippen LogP contribution in [0.3, 0.4) is 0 Å². The molecule has 0 atom stereocenters. The quantitative estimate of drug-likeness (QED) is 0.300. The van der Waals surface area contributed by atoms with Crippen molar-refractivity contribution in [3.63, 3.8) is 0 Å². The molecule has 31 heavy (non-hydrogen) atoms. The van der Waals surface area contributed by atoms with Crippen LogP contribution in [0.15, 0.2) is 47.5 Å². The van der Waals surface area contributed by atoms with Gasteiger partial charge in [0.15, 0.2) is 5.78 Å². The summed E-state index contributed by atoms with van der Waals surface area (Å²) in [5, 5.41) is 1.76. The highest BCUT2D eigenvalue weighted by Gasteiger charge is 2.18. The van der Waals surface area contributed by atoms with Crippen molar-refractivity contribution in [2.24, 2.45) is 0 Å². The Kier molecular flexibility index (Phi) is 7.01. The monoisotopic (exact) mass is 439 g/mol. The molecule has 0 saturated carbocycles. The number of rotatable bonds is 8. The Labute approximate surface area is 185 Å². The first-order valence-electron chi connectivity index (χ1n) is 10.1. The molecule has 8 heteroatoms. The first-order chi connectivity index (χ1) is 15.2. The van der Waals surface area contributed by atoms with Gasteiger partial charge in [-0.2, -0.15) is 0 Å². The van der Waals surface area contributed by atoms with Crippen LogP contribution in [0.2, 0.25) is 0 Å². The lowest BCUT2D eigenvalue weighted by atomic mass is 10.1. The number of fused-ring (bicyclic) bond motifs is 1. The Hall–Kier alpha value is -2.68. The molecule has 1 saturated heterocycles. The average Bonchev–Trinajstić information content (AvgIpc) is 2.82. The molecule has 162 valence electrons. The van der Waals surface area contributed by atoms with Crippen molar-refractivity contribution in [3.8, 4) is 11.5 Å². The zero-order chi connectivity index (χ0) is 21.6. The Balaban J connectivity index is 1.56. The van der Waals surface area contributed by atoms with Gasteiger partial charge in [0.25, 0.3) is 0 Å². The summed E-state index contributed by atoms with van der Waals surface area (Å²) in [7, 11) is 3.13. The zero-order valence-corrected chi connectivity index (χ0v) is 18.5. The van der Waals surface area contributed by atoms with Crippen LogP contribution in [0.4, 0.5) is 0 Å². The van der Waals surface area contributed by atoms with Gasteiger partial charge >= 0.3 is 0 Å². The van der Waals surface area contributed by atoms with Crippen molar-refractivity contribution >= 4 is 28.4 Å². The molecule has 1 aliphatic heterocycles. The predicted octanol–water partition coefficient (Wildman–Crippen LogP) is 3.45. The fourth-order valence-electron chi connectivity index (χ4n) is 3.48. The first-order valence-corrected chi connectivity index (χ1v) is 11.1. The van der Waals surface area contributed by atoms with E-state index in [2.05, 4.69) is 4.90 Å². The van der Waals surface area contributed by atoms with Gasteiger partial charge in [0.05, 0.1) is 50.8 Å². The van der Waals surface area contributed by atoms with Crippen LogP contribution in [0, 0.1) is 0 Å². The van der Waals surface area contributed by atoms with Crippen LogP contribution in [-0.2, 0) is 11.3 Å². The minimum absolute atomic E-state index is 0.0434. The molecule has 1 aromatic heterocycles. The SMILES string of the molecule is COc1ccc(OC)c(C(=O)CSc2nc(CN3CCOCC3)nc3ccccc23)c1. The third-order valence-electron chi connectivity index (χ3n) is 5.13. The van der Waals surface area contributed by atoms with Crippen molar-refractivity contribution in [3.05, 3.63) is 53.9 Å². The van der Waals surface area contributed by atoms with E-state index in [9.17, 15) is 4.79 Å². The number of ketones is 1. The van der Waals surface area contributed by atoms with Gasteiger partial charge in [-0.05, 0) is 24.3 Å². The average molecular weight is 440 g/mol. The van der Waals surface area contributed by atoms with Gasteiger partial charge in [-0.15, -0.1) is 0 Å². The summed E-state index contributed by atoms with van der Waals surface area (Å²) in [6.07, 6.45) is 0. The molecular formula is C23H25N3O4S. The Morgan fingerprint density at radius 2 is 1.90 bits per heavy atom. The lowest BCUT2D eigenvalue weighted by molar-refractivity contribution is 0.0330. The highest BCUT2D eigenvalue weighted by atomic mass is 32.2. The summed E-state index contributed by atoms with van der Waals surface area (Å²) in [5.74, 6) is 2.11. The largest absolute Gasteiger partial charge is 0.497 e. The third kappa shape index (κ3) is 5.15. The molecule has 1 aliphatic rings. The first kappa shape index (κ1) is 21.5. The molecular weight excluding hydrogens is 414 g/mol. The summed E-state index contributed by atoms with van der Waals surface area (Å²) in [6.45, 7) is 3.86. The lowest BCUT2D eigenvalue weighted by Crippen LogP contribution is -2.36. The topological polar surface area (TPSA) is 73.8 Å². The molecule has 3 aromatic rings. The molecule has 1 fully saturated rings. The number of ether oxygens (including phenoxy) is 3. The number of Topliss-reactive ketones (excluding diaryl/α,β-unsaturated/α-hetero) is 1. The molecule has 0 unspecified atom stereocenters. The fraction of sp³-hybridized carbons (Fsp3) is 0.348. The van der Waals surface area contributed by atoms with E-state index < -0.39 is 0 Å². The van der Waals surface area contributed by atoms with Gasteiger partial charge in [0, 0.05) is 18.5 Å². The molecule has 2 aromatic carbocycles. The molecule has 0 radical (unpaired) electrons. The van der Waals surface area contributed by atoms with Crippen LogP contribution in [-0.4, -0.2) is 66.9 Å². The second kappa shape index (κ2) is 10.1. The van der Waals surface area contributed by atoms with E-state index >= 15 is 0 Å². The Morgan fingerprint density at radius 1 is 1.10 bits per heavy atom. The number of hydrogen-bond donors (Lipinski definition) is 0. The van der Waals surface area contributed by atoms with E-state index in [4.69, 9.17) is 24.2 Å². The van der Waals surface area contributed by atoms with Gasteiger partial charge in [0.2, 0.25) is 0 Å². The molecule has 4 rings (SSSR count). The smallest absolute Gasteiger partial charge is 0.176 e. The highest BCUT2D eigenvalue weighted by molar-refractivity contribution is 8.00. The van der Waals surface area contributed by atoms with Crippen LogP contribution in [0.1, 0.15) is 16.2 Å². The van der Waals surface area contributed by atoms with Gasteiger partial charge in [-0.1, -0.05) is 30.0 Å². The molecule has 0 spiro atoms. The molecule has 0 amide bonds. The number of para-hydroxylation sites is 1. The summed E-state index contributed by atoms with van der Waals surface area (Å²) in [6, 6.07) is 13.1. The van der Waals surface area contributed by atoms with Crippen molar-refractivity contribution in [2.75, 3.05) is 46.3 Å². The molecule has 0 aliphatic carbocycles. The van der Waals surface area contributed by atoms with Crippen molar-refractivity contribution in [1.29, 1.82) is 0 Å². The Morgan fingerprint density at radius 3 is 2.68 bits per heavy atom. The van der Waals surface area contributed by atoms with Crippen LogP contribution < -0.4 is 9.47 Å². The van der Waals surface area contributed by atoms with E-state index in [0.29, 0.717) is 23.6 Å². The van der Waals surface area contributed by atoms with E-state index in [1.807, 2.05) is 24.3 Å². The zero-order valence-electron chi connectivity index (χ0n) is 17.7. The van der Waals surface area contributed by atoms with Gasteiger partial charge in [-0.3, -0.25) is 9.69 Å². The molecule has 0 bridgehead atoms. The Bertz CT molecular complexity index is 1070. The van der Waals surface area contributed by atoms with E-state index in [-0.39, 0.29) is 11.5 Å². The fourth-order valence-corrected chi connectivity index (χ4v) is 4.40. The normalized spacial score (nSPS) is 14.5. The minimum atomic E-state index is -0.0434. The van der Waals surface area contributed by atoms with Crippen LogP contribution in [0.5, 0.6) is 11.5 Å². The maximum absolute atomic E-state index is 13.0. The minimum Gasteiger partial charge on any atom is -0.497 e. The molecule has 0 N–H and O–H groups in total. The maximum Gasteiger partial charge on any atom is 0.176 e. The number of thioether (sulfide) groups is 1. The van der Waals surface area contributed by atoms with Crippen molar-refractivity contribution in [2.45, 2.75) is 11.6 Å². The van der Waals surface area contributed by atoms with Crippen LogP contribution in [0.25, 0.3) is 10.9 Å². The van der Waals surface area contributed by atoms with E-state index in [1.165, 1.54) is 11.8 Å². The number of benzene rings is 2. The predicted molar refractivity (Wildman–Crippen MR) is 120 cm³/mol. The second-order valence-corrected chi connectivity index (χ2v) is 8.09. The van der Waals surface area contributed by atoms with E-state index in [0.717, 1.165) is 48.1 Å². The molecule has 2 heterocycles. The third-order valence-corrected chi connectivity index (χ3v) is 6.12. The lowest BCUT2D eigenvalue weighted by Gasteiger charge is -2.25. The van der Waals surface area contributed by atoms with Crippen molar-refractivity contribution < 1.29 is 19.0 Å². The summed E-state index contributed by atoms with van der Waals surface area (Å²) >= 11 is 1.42. The number of carbonyl (C=O) groups excluding carboxylic acids is 1. The van der Waals surface area contributed by atoms with Gasteiger partial charge in [-0.25, -0.2) is 9.97 Å². The summed E-state index contributed by atoms with van der Waals surface area (Å²) < 4.78 is 16.1. The van der Waals surface area contributed by atoms with E-state index in [1.54, 1.807) is 32.4 Å².